The van der Waals surface area contributed by atoms with E-state index in [0.29, 0.717) is 0 Å². The minimum atomic E-state index is -0.307. The fourth-order valence-electron chi connectivity index (χ4n) is 3.45. The van der Waals surface area contributed by atoms with Gasteiger partial charge < -0.3 is 5.32 Å². The van der Waals surface area contributed by atoms with Gasteiger partial charge >= 0.3 is 0 Å². The number of anilines is 1. The minimum absolute atomic E-state index is 0.219. The number of rotatable bonds is 3. The lowest BCUT2D eigenvalue weighted by Crippen LogP contribution is -2.48. The molecule has 2 N–H and O–H groups in total. The van der Waals surface area contributed by atoms with Gasteiger partial charge in [-0.15, -0.1) is 0 Å². The van der Waals surface area contributed by atoms with Gasteiger partial charge in [-0.1, -0.05) is 62.4 Å². The molecule has 0 aliphatic carbocycles. The lowest BCUT2D eigenvalue weighted by molar-refractivity contribution is 0.350. The van der Waals surface area contributed by atoms with Crippen LogP contribution in [-0.4, -0.2) is 6.54 Å². The largest absolute Gasteiger partial charge is 0.354 e. The van der Waals surface area contributed by atoms with E-state index in [-0.39, 0.29) is 10.4 Å². The summed E-state index contributed by atoms with van der Waals surface area (Å²) in [5, 5.41) is 7.64. The van der Waals surface area contributed by atoms with Crippen molar-refractivity contribution in [1.29, 1.82) is 0 Å². The van der Waals surface area contributed by atoms with Crippen LogP contribution in [0.15, 0.2) is 41.3 Å². The summed E-state index contributed by atoms with van der Waals surface area (Å²) in [4.78, 5) is 0.997. The predicted molar refractivity (Wildman–Crippen MR) is 106 cm³/mol. The Balaban J connectivity index is 2.08. The smallest absolute Gasteiger partial charge is 0.168 e. The topological polar surface area (TPSA) is 24.1 Å². The highest BCUT2D eigenvalue weighted by Crippen LogP contribution is 2.51. The van der Waals surface area contributed by atoms with Gasteiger partial charge in [0.15, 0.2) is 4.99 Å². The molecule has 3 rings (SSSR count). The molecule has 128 valence electrons. The highest BCUT2D eigenvalue weighted by atomic mass is 32.2. The molecule has 1 heterocycles. The van der Waals surface area contributed by atoms with Gasteiger partial charge in [0.1, 0.15) is 0 Å². The van der Waals surface area contributed by atoms with Crippen molar-refractivity contribution < 1.29 is 0 Å². The summed E-state index contributed by atoms with van der Waals surface area (Å²) in [5.41, 5.74) is 6.78. The summed E-state index contributed by atoms with van der Waals surface area (Å²) in [5.74, 6) is 0. The van der Waals surface area contributed by atoms with Crippen molar-refractivity contribution in [3.63, 3.8) is 0 Å². The summed E-state index contributed by atoms with van der Waals surface area (Å²) in [6.45, 7) is 14.4. The molecule has 0 fully saturated rings. The molecule has 3 heteroatoms. The highest BCUT2D eigenvalue weighted by molar-refractivity contribution is 8.00. The highest BCUT2D eigenvalue weighted by Gasteiger charge is 2.41. The van der Waals surface area contributed by atoms with Crippen molar-refractivity contribution in [3.05, 3.63) is 58.7 Å². The van der Waals surface area contributed by atoms with E-state index in [2.05, 4.69) is 88.6 Å². The number of para-hydroxylation sites is 1. The minimum Gasteiger partial charge on any atom is -0.354 e. The van der Waals surface area contributed by atoms with Gasteiger partial charge in [-0.3, -0.25) is 5.32 Å². The molecular weight excluding hydrogens is 312 g/mol. The Morgan fingerprint density at radius 2 is 1.67 bits per heavy atom. The monoisotopic (exact) mass is 340 g/mol. The van der Waals surface area contributed by atoms with Crippen molar-refractivity contribution in [1.82, 2.24) is 5.32 Å². The van der Waals surface area contributed by atoms with E-state index < -0.39 is 0 Å². The lowest BCUT2D eigenvalue weighted by Gasteiger charge is -2.36. The second kappa shape index (κ2) is 6.12. The Morgan fingerprint density at radius 1 is 1.04 bits per heavy atom. The van der Waals surface area contributed by atoms with Crippen molar-refractivity contribution >= 4 is 17.4 Å². The number of hydrogen-bond acceptors (Lipinski definition) is 3. The van der Waals surface area contributed by atoms with E-state index in [1.165, 1.54) is 32.8 Å². The second-order valence-electron chi connectivity index (χ2n) is 8.09. The van der Waals surface area contributed by atoms with E-state index in [1.54, 1.807) is 0 Å². The maximum absolute atomic E-state index is 3.85. The molecule has 0 saturated heterocycles. The van der Waals surface area contributed by atoms with E-state index in [4.69, 9.17) is 0 Å². The molecule has 0 radical (unpaired) electrons. The number of hydrogen-bond donors (Lipinski definition) is 2. The van der Waals surface area contributed by atoms with Crippen LogP contribution in [-0.2, 0) is 4.99 Å². The van der Waals surface area contributed by atoms with Gasteiger partial charge in [0.2, 0.25) is 0 Å². The van der Waals surface area contributed by atoms with Crippen LogP contribution in [0.3, 0.4) is 0 Å². The fraction of sp³-hybridized carbons (Fsp3) is 0.429. The zero-order valence-corrected chi connectivity index (χ0v) is 16.4. The van der Waals surface area contributed by atoms with E-state index in [0.717, 1.165) is 6.54 Å². The average molecular weight is 341 g/mol. The van der Waals surface area contributed by atoms with Crippen LogP contribution in [0.25, 0.3) is 0 Å². The van der Waals surface area contributed by atoms with Gasteiger partial charge in [0.25, 0.3) is 0 Å². The number of thioether (sulfide) groups is 1. The molecule has 1 aliphatic heterocycles. The van der Waals surface area contributed by atoms with Gasteiger partial charge in [-0.05, 0) is 49.4 Å². The molecule has 0 amide bonds. The Kier molecular flexibility index (Phi) is 4.43. The van der Waals surface area contributed by atoms with Crippen LogP contribution in [0.1, 0.15) is 43.0 Å². The molecule has 1 aliphatic rings. The van der Waals surface area contributed by atoms with Crippen LogP contribution < -0.4 is 10.6 Å². The Labute approximate surface area is 150 Å². The van der Waals surface area contributed by atoms with Crippen molar-refractivity contribution in [2.45, 2.75) is 51.4 Å². The third-order valence-electron chi connectivity index (χ3n) is 4.36. The van der Waals surface area contributed by atoms with Crippen LogP contribution in [0, 0.1) is 26.2 Å². The number of aryl methyl sites for hydroxylation is 3. The van der Waals surface area contributed by atoms with Gasteiger partial charge in [0, 0.05) is 17.0 Å². The zero-order chi connectivity index (χ0) is 17.5. The second-order valence-corrected chi connectivity index (χ2v) is 9.35. The van der Waals surface area contributed by atoms with Crippen LogP contribution >= 0.6 is 11.8 Å². The molecule has 0 aromatic heterocycles. The first-order valence-corrected chi connectivity index (χ1v) is 9.41. The van der Waals surface area contributed by atoms with Crippen LogP contribution in [0.5, 0.6) is 0 Å². The molecule has 2 aromatic rings. The summed E-state index contributed by atoms with van der Waals surface area (Å²) < 4.78 is 0. The summed E-state index contributed by atoms with van der Waals surface area (Å²) in [6.07, 6.45) is 0. The molecule has 0 bridgehead atoms. The molecule has 2 nitrogen and oxygen atoms in total. The third-order valence-corrected chi connectivity index (χ3v) is 5.69. The van der Waals surface area contributed by atoms with Gasteiger partial charge in [-0.25, -0.2) is 0 Å². The number of nitrogens with one attached hydrogen (secondary N) is 2. The maximum Gasteiger partial charge on any atom is 0.168 e. The molecule has 0 saturated carbocycles. The van der Waals surface area contributed by atoms with Crippen LogP contribution in [0.2, 0.25) is 0 Å². The molecule has 1 unspecified atom stereocenters. The van der Waals surface area contributed by atoms with Crippen molar-refractivity contribution in [2.75, 3.05) is 11.9 Å². The quantitative estimate of drug-likeness (QED) is 0.763. The van der Waals surface area contributed by atoms with E-state index in [1.807, 2.05) is 11.8 Å². The SMILES string of the molecule is Cc1cc(C)c(C2(NCC(C)(C)C)Nc3ccccc3S2)c(C)c1. The zero-order valence-electron chi connectivity index (χ0n) is 15.6. The molecule has 24 heavy (non-hydrogen) atoms. The Morgan fingerprint density at radius 3 is 2.25 bits per heavy atom. The summed E-state index contributed by atoms with van der Waals surface area (Å²) >= 11 is 1.89. The first-order valence-electron chi connectivity index (χ1n) is 8.60. The Bertz CT molecular complexity index is 711. The van der Waals surface area contributed by atoms with E-state index in [9.17, 15) is 0 Å². The third kappa shape index (κ3) is 3.33. The normalized spacial score (nSPS) is 19.9. The van der Waals surface area contributed by atoms with Crippen molar-refractivity contribution in [3.8, 4) is 0 Å². The maximum atomic E-state index is 3.85. The summed E-state index contributed by atoms with van der Waals surface area (Å²) in [6, 6.07) is 13.2. The first kappa shape index (κ1) is 17.4. The lowest BCUT2D eigenvalue weighted by atomic mass is 9.94. The number of benzene rings is 2. The predicted octanol–water partition coefficient (Wildman–Crippen LogP) is 5.58. The molecule has 2 aromatic carbocycles. The standard InChI is InChI=1S/C21H28N2S/c1-14-11-15(2)19(16(3)12-14)21(22-13-20(4,5)6)23-17-9-7-8-10-18(17)24-21/h7-12,22-23H,13H2,1-6H3. The fourth-order valence-corrected chi connectivity index (χ4v) is 4.88. The number of fused-ring (bicyclic) bond motifs is 1. The molecular formula is C21H28N2S. The van der Waals surface area contributed by atoms with Crippen LogP contribution in [0.4, 0.5) is 5.69 Å². The van der Waals surface area contributed by atoms with Gasteiger partial charge in [0.05, 0.1) is 5.69 Å². The first-order chi connectivity index (χ1) is 11.2. The molecule has 0 spiro atoms. The molecule has 1 atom stereocenters. The van der Waals surface area contributed by atoms with Gasteiger partial charge in [-0.2, -0.15) is 0 Å². The Hall–Kier alpha value is -1.45. The van der Waals surface area contributed by atoms with E-state index >= 15 is 0 Å². The summed E-state index contributed by atoms with van der Waals surface area (Å²) in [7, 11) is 0. The average Bonchev–Trinajstić information content (AvgIpc) is 2.82. The van der Waals surface area contributed by atoms with Crippen molar-refractivity contribution in [2.24, 2.45) is 5.41 Å².